The summed E-state index contributed by atoms with van der Waals surface area (Å²) in [5.41, 5.74) is 2.69. The quantitative estimate of drug-likeness (QED) is 0.435. The highest BCUT2D eigenvalue weighted by atomic mass is 32.2. The molecule has 7 nitrogen and oxygen atoms in total. The van der Waals surface area contributed by atoms with Crippen LogP contribution in [0.2, 0.25) is 0 Å². The fourth-order valence-electron chi connectivity index (χ4n) is 7.77. The van der Waals surface area contributed by atoms with E-state index in [2.05, 4.69) is 9.80 Å². The van der Waals surface area contributed by atoms with Crippen LogP contribution in [0.3, 0.4) is 0 Å². The number of nitrogens with zero attached hydrogens (tertiary/aromatic N) is 4. The van der Waals surface area contributed by atoms with Gasteiger partial charge in [0.05, 0.1) is 23.6 Å². The lowest BCUT2D eigenvalue weighted by Gasteiger charge is -2.47. The molecule has 40 heavy (non-hydrogen) atoms. The summed E-state index contributed by atoms with van der Waals surface area (Å²) in [5, 5.41) is 0. The van der Waals surface area contributed by atoms with Gasteiger partial charge in [0.2, 0.25) is 0 Å². The molecule has 5 heterocycles. The number of hydrogen-bond acceptors (Lipinski definition) is 6. The van der Waals surface area contributed by atoms with Crippen LogP contribution >= 0.6 is 0 Å². The molecule has 0 amide bonds. The molecule has 0 radical (unpaired) electrons. The Morgan fingerprint density at radius 3 is 2.23 bits per heavy atom. The van der Waals surface area contributed by atoms with E-state index in [0.29, 0.717) is 17.4 Å². The van der Waals surface area contributed by atoms with E-state index in [1.54, 1.807) is 24.3 Å². The van der Waals surface area contributed by atoms with Gasteiger partial charge in [-0.05, 0) is 93.4 Å². The van der Waals surface area contributed by atoms with Crippen LogP contribution in [0.5, 0.6) is 0 Å². The zero-order valence-electron chi connectivity index (χ0n) is 23.4. The highest BCUT2D eigenvalue weighted by molar-refractivity contribution is 7.90. The molecule has 4 saturated heterocycles. The van der Waals surface area contributed by atoms with Crippen molar-refractivity contribution in [3.63, 3.8) is 0 Å². The second-order valence-corrected chi connectivity index (χ2v) is 14.6. The topological polar surface area (TPSA) is 67.7 Å². The average molecular weight is 567 g/mol. The van der Waals surface area contributed by atoms with Gasteiger partial charge in [0.15, 0.2) is 15.7 Å². The second-order valence-electron chi connectivity index (χ2n) is 12.5. The summed E-state index contributed by atoms with van der Waals surface area (Å²) in [7, 11) is -1.40. The predicted octanol–water partition coefficient (Wildman–Crippen LogP) is 4.60. The number of aromatic nitrogens is 2. The van der Waals surface area contributed by atoms with E-state index in [1.807, 2.05) is 23.7 Å². The molecule has 7 rings (SSSR count). The summed E-state index contributed by atoms with van der Waals surface area (Å²) < 4.78 is 46.9. The lowest BCUT2D eigenvalue weighted by molar-refractivity contribution is -0.0620. The van der Waals surface area contributed by atoms with Crippen molar-refractivity contribution in [2.75, 3.05) is 39.1 Å². The summed E-state index contributed by atoms with van der Waals surface area (Å²) >= 11 is 0. The minimum absolute atomic E-state index is 0.204. The van der Waals surface area contributed by atoms with E-state index in [4.69, 9.17) is 9.72 Å². The normalized spacial score (nSPS) is 26.9. The number of ether oxygens (including phenoxy) is 1. The number of sulfone groups is 1. The van der Waals surface area contributed by atoms with Gasteiger partial charge in [-0.15, -0.1) is 0 Å². The highest BCUT2D eigenvalue weighted by Crippen LogP contribution is 2.41. The van der Waals surface area contributed by atoms with E-state index < -0.39 is 9.84 Å². The Morgan fingerprint density at radius 2 is 1.62 bits per heavy atom. The zero-order valence-corrected chi connectivity index (χ0v) is 24.2. The van der Waals surface area contributed by atoms with Crippen LogP contribution in [0.15, 0.2) is 41.3 Å². The lowest BCUT2D eigenvalue weighted by Crippen LogP contribution is -2.54. The van der Waals surface area contributed by atoms with Crippen molar-refractivity contribution in [2.45, 2.75) is 67.5 Å². The Labute approximate surface area is 236 Å². The first kappa shape index (κ1) is 26.6. The number of likely N-dealkylation sites (tertiary alicyclic amines) is 1. The van der Waals surface area contributed by atoms with Gasteiger partial charge in [0.1, 0.15) is 11.3 Å². The zero-order chi connectivity index (χ0) is 27.6. The van der Waals surface area contributed by atoms with Crippen molar-refractivity contribution < 1.29 is 17.5 Å². The molecule has 9 heteroatoms. The average Bonchev–Trinajstić information content (AvgIpc) is 3.37. The number of fused-ring (bicyclic) bond motifs is 3. The van der Waals surface area contributed by atoms with Gasteiger partial charge in [-0.3, -0.25) is 4.90 Å². The first-order valence-electron chi connectivity index (χ1n) is 14.8. The molecule has 4 aliphatic rings. The minimum atomic E-state index is -3.28. The van der Waals surface area contributed by atoms with Gasteiger partial charge < -0.3 is 14.2 Å². The van der Waals surface area contributed by atoms with Crippen LogP contribution in [0, 0.1) is 11.7 Å². The number of halogens is 1. The van der Waals surface area contributed by atoms with Gasteiger partial charge in [-0.25, -0.2) is 17.8 Å². The van der Waals surface area contributed by atoms with Gasteiger partial charge in [0.25, 0.3) is 0 Å². The maximum absolute atomic E-state index is 15.9. The van der Waals surface area contributed by atoms with Gasteiger partial charge in [-0.2, -0.15) is 0 Å². The number of piperidine rings is 2. The monoisotopic (exact) mass is 566 g/mol. The lowest BCUT2D eigenvalue weighted by atomic mass is 9.86. The Hall–Kier alpha value is -2.33. The van der Waals surface area contributed by atoms with Crippen molar-refractivity contribution in [3.8, 4) is 11.4 Å². The maximum Gasteiger partial charge on any atom is 0.175 e. The van der Waals surface area contributed by atoms with Crippen molar-refractivity contribution >= 4 is 20.9 Å². The molecule has 4 aliphatic heterocycles. The van der Waals surface area contributed by atoms with Crippen LogP contribution in [0.25, 0.3) is 22.4 Å². The third-order valence-electron chi connectivity index (χ3n) is 10.1. The molecule has 0 aliphatic carbocycles. The maximum atomic E-state index is 15.9. The van der Waals surface area contributed by atoms with Crippen LogP contribution < -0.4 is 0 Å². The Kier molecular flexibility index (Phi) is 6.77. The predicted molar refractivity (Wildman–Crippen MR) is 154 cm³/mol. The first-order chi connectivity index (χ1) is 19.3. The fraction of sp³-hybridized carbons (Fsp3) is 0.581. The SMILES string of the molecule is Cn1c(-c2ccc(S(C)(=O)=O)cc2)nc2c(F)c(C3CCN(C4CC5CCC(C4)N5CC4COC4)CC3)ccc21. The summed E-state index contributed by atoms with van der Waals surface area (Å²) in [5.74, 6) is 1.36. The number of rotatable bonds is 6. The summed E-state index contributed by atoms with van der Waals surface area (Å²) in [6.07, 6.45) is 8.37. The van der Waals surface area contributed by atoms with E-state index in [0.717, 1.165) is 73.8 Å². The van der Waals surface area contributed by atoms with Crippen molar-refractivity contribution in [2.24, 2.45) is 13.0 Å². The van der Waals surface area contributed by atoms with Gasteiger partial charge >= 0.3 is 0 Å². The fourth-order valence-corrected chi connectivity index (χ4v) is 8.40. The van der Waals surface area contributed by atoms with Gasteiger partial charge in [0, 0.05) is 49.5 Å². The van der Waals surface area contributed by atoms with Crippen LogP contribution in [0.4, 0.5) is 4.39 Å². The molecule has 4 fully saturated rings. The number of aryl methyl sites for hydroxylation is 1. The molecule has 214 valence electrons. The van der Waals surface area contributed by atoms with Crippen molar-refractivity contribution in [3.05, 3.63) is 47.8 Å². The Morgan fingerprint density at radius 1 is 0.950 bits per heavy atom. The Balaban J connectivity index is 1.04. The summed E-state index contributed by atoms with van der Waals surface area (Å²) in [6.45, 7) is 5.15. The standard InChI is InChI=1S/C31H39FN4O3S/c1-34-28-10-9-27(29(32)30(28)33-31(34)22-3-7-26(8-4-22)40(2,37)38)21-11-13-35(14-12-21)25-15-23-5-6-24(16-25)36(23)17-20-18-39-19-20/h3-4,7-10,20-21,23-25H,5-6,11-19H2,1-2H3. The smallest absolute Gasteiger partial charge is 0.175 e. The van der Waals surface area contributed by atoms with Crippen molar-refractivity contribution in [1.82, 2.24) is 19.4 Å². The highest BCUT2D eigenvalue weighted by Gasteiger charge is 2.44. The van der Waals surface area contributed by atoms with E-state index in [-0.39, 0.29) is 16.6 Å². The third kappa shape index (κ3) is 4.68. The van der Waals surface area contributed by atoms with Crippen LogP contribution in [-0.4, -0.2) is 85.0 Å². The molecule has 0 saturated carbocycles. The number of imidazole rings is 1. The van der Waals surface area contributed by atoms with Gasteiger partial charge in [-0.1, -0.05) is 6.07 Å². The molecule has 1 aromatic heterocycles. The molecule has 0 spiro atoms. The minimum Gasteiger partial charge on any atom is -0.381 e. The van der Waals surface area contributed by atoms with Crippen LogP contribution in [0.1, 0.15) is 50.0 Å². The molecule has 2 atom stereocenters. The van der Waals surface area contributed by atoms with Crippen molar-refractivity contribution in [1.29, 1.82) is 0 Å². The summed E-state index contributed by atoms with van der Waals surface area (Å²) in [4.78, 5) is 10.4. The van der Waals surface area contributed by atoms with E-state index >= 15 is 4.39 Å². The molecule has 2 bridgehead atoms. The molecule has 3 aromatic rings. The number of hydrogen-bond donors (Lipinski definition) is 0. The molecule has 2 aromatic carbocycles. The first-order valence-corrected chi connectivity index (χ1v) is 16.7. The van der Waals surface area contributed by atoms with Crippen LogP contribution in [-0.2, 0) is 21.6 Å². The van der Waals surface area contributed by atoms with E-state index in [1.165, 1.54) is 38.5 Å². The summed E-state index contributed by atoms with van der Waals surface area (Å²) in [6, 6.07) is 12.7. The molecular formula is C31H39FN4O3S. The molecular weight excluding hydrogens is 527 g/mol. The van der Waals surface area contributed by atoms with E-state index in [9.17, 15) is 8.42 Å². The number of benzene rings is 2. The third-order valence-corrected chi connectivity index (χ3v) is 11.2. The molecule has 0 N–H and O–H groups in total. The second kappa shape index (κ2) is 10.2. The largest absolute Gasteiger partial charge is 0.381 e. The Bertz CT molecular complexity index is 1500. The molecule has 2 unspecified atom stereocenters.